The van der Waals surface area contributed by atoms with Crippen LogP contribution in [0.1, 0.15) is 27.0 Å². The van der Waals surface area contributed by atoms with E-state index in [2.05, 4.69) is 54.1 Å². The normalized spacial score (nSPS) is 26.8. The third-order valence-electron chi connectivity index (χ3n) is 5.78. The van der Waals surface area contributed by atoms with E-state index in [-0.39, 0.29) is 17.2 Å². The number of likely N-dealkylation sites (N-methyl/N-ethyl adjacent to an activating group) is 1. The zero-order chi connectivity index (χ0) is 20.0. The minimum Gasteiger partial charge on any atom is -0.414 e. The minimum atomic E-state index is -1.92. The van der Waals surface area contributed by atoms with Crippen molar-refractivity contribution in [2.45, 2.75) is 63.4 Å². The number of nitrogens with one attached hydrogen (secondary N) is 1. The molecule has 9 nitrogen and oxygen atoms in total. The summed E-state index contributed by atoms with van der Waals surface area (Å²) in [5.74, 6) is 0.300. The first-order valence-electron chi connectivity index (χ1n) is 9.14. The van der Waals surface area contributed by atoms with Gasteiger partial charge in [0.15, 0.2) is 26.0 Å². The molecule has 150 valence electrons. The summed E-state index contributed by atoms with van der Waals surface area (Å²) in [5.41, 5.74) is 6.89. The Hall–Kier alpha value is -1.59. The molecule has 0 radical (unpaired) electrons. The average molecular weight is 395 g/mol. The molecule has 0 aliphatic carbocycles. The molecule has 0 bridgehead atoms. The maximum atomic E-state index is 10.9. The van der Waals surface area contributed by atoms with Crippen LogP contribution in [0.3, 0.4) is 0 Å². The highest BCUT2D eigenvalue weighted by atomic mass is 28.4. The van der Waals surface area contributed by atoms with Gasteiger partial charge in [-0.1, -0.05) is 20.8 Å². The lowest BCUT2D eigenvalue weighted by atomic mass is 10.1. The van der Waals surface area contributed by atoms with Gasteiger partial charge in [0.25, 0.3) is 0 Å². The molecule has 0 amide bonds. The summed E-state index contributed by atoms with van der Waals surface area (Å²) in [4.78, 5) is 12.5. The van der Waals surface area contributed by atoms with Gasteiger partial charge in [-0.3, -0.25) is 4.57 Å². The van der Waals surface area contributed by atoms with Crippen LogP contribution in [0.2, 0.25) is 18.1 Å². The van der Waals surface area contributed by atoms with Crippen LogP contribution in [-0.2, 0) is 9.16 Å². The van der Waals surface area contributed by atoms with Crippen LogP contribution >= 0.6 is 0 Å². The van der Waals surface area contributed by atoms with E-state index in [1.807, 2.05) is 7.05 Å². The van der Waals surface area contributed by atoms with Crippen molar-refractivity contribution in [2.24, 2.45) is 0 Å². The number of rotatable bonds is 5. The Morgan fingerprint density at radius 2 is 2.04 bits per heavy atom. The number of ether oxygens (including phenoxy) is 1. The predicted molar refractivity (Wildman–Crippen MR) is 106 cm³/mol. The zero-order valence-corrected chi connectivity index (χ0v) is 17.8. The van der Waals surface area contributed by atoms with Crippen molar-refractivity contribution in [2.75, 3.05) is 19.4 Å². The number of hydrogen-bond donors (Lipinski definition) is 3. The highest BCUT2D eigenvalue weighted by Gasteiger charge is 2.46. The van der Waals surface area contributed by atoms with Gasteiger partial charge >= 0.3 is 0 Å². The Morgan fingerprint density at radius 1 is 1.33 bits per heavy atom. The van der Waals surface area contributed by atoms with E-state index in [9.17, 15) is 5.11 Å². The fraction of sp³-hybridized carbons (Fsp3) is 0.706. The van der Waals surface area contributed by atoms with Gasteiger partial charge in [0.05, 0.1) is 19.0 Å². The number of nitrogens with zero attached hydrogens (tertiary/aromatic N) is 4. The second-order valence-corrected chi connectivity index (χ2v) is 13.3. The topological polar surface area (TPSA) is 120 Å². The molecule has 1 saturated heterocycles. The van der Waals surface area contributed by atoms with Crippen molar-refractivity contribution in [3.63, 3.8) is 0 Å². The number of nitrogens with two attached hydrogens (primary N) is 1. The quantitative estimate of drug-likeness (QED) is 0.649. The molecular formula is C17H30N6O3Si. The number of fused-ring (bicyclic) bond motifs is 1. The number of aliphatic hydroxyl groups excluding tert-OH is 1. The molecule has 0 unspecified atom stereocenters. The van der Waals surface area contributed by atoms with E-state index >= 15 is 0 Å². The number of aliphatic hydroxyl groups is 1. The van der Waals surface area contributed by atoms with E-state index < -0.39 is 20.6 Å². The van der Waals surface area contributed by atoms with Gasteiger partial charge in [0.2, 0.25) is 0 Å². The van der Waals surface area contributed by atoms with E-state index in [1.165, 1.54) is 6.33 Å². The molecular weight excluding hydrogens is 364 g/mol. The zero-order valence-electron chi connectivity index (χ0n) is 16.8. The number of anilines is 1. The summed E-state index contributed by atoms with van der Waals surface area (Å²) in [7, 11) is -0.111. The molecule has 1 aliphatic heterocycles. The van der Waals surface area contributed by atoms with Crippen LogP contribution in [0.5, 0.6) is 0 Å². The summed E-state index contributed by atoms with van der Waals surface area (Å²) in [6, 6.07) is -0.267. The Bertz CT molecular complexity index is 806. The van der Waals surface area contributed by atoms with Gasteiger partial charge in [0.1, 0.15) is 24.1 Å². The lowest BCUT2D eigenvalue weighted by Gasteiger charge is -2.37. The first-order valence-corrected chi connectivity index (χ1v) is 12.1. The Morgan fingerprint density at radius 3 is 2.67 bits per heavy atom. The highest BCUT2D eigenvalue weighted by molar-refractivity contribution is 6.74. The molecule has 10 heteroatoms. The smallest absolute Gasteiger partial charge is 0.192 e. The van der Waals surface area contributed by atoms with Gasteiger partial charge in [0, 0.05) is 0 Å². The second-order valence-electron chi connectivity index (χ2n) is 8.52. The fourth-order valence-electron chi connectivity index (χ4n) is 3.03. The molecule has 0 aromatic carbocycles. The molecule has 0 spiro atoms. The summed E-state index contributed by atoms with van der Waals surface area (Å²) < 4.78 is 14.2. The molecule has 2 aromatic heterocycles. The molecule has 4 N–H and O–H groups in total. The lowest BCUT2D eigenvalue weighted by Crippen LogP contribution is -2.48. The van der Waals surface area contributed by atoms with Gasteiger partial charge in [-0.2, -0.15) is 0 Å². The van der Waals surface area contributed by atoms with Crippen LogP contribution < -0.4 is 11.1 Å². The summed E-state index contributed by atoms with van der Waals surface area (Å²) in [6.45, 7) is 11.4. The van der Waals surface area contributed by atoms with Gasteiger partial charge < -0.3 is 25.3 Å². The number of hydrogen-bond acceptors (Lipinski definition) is 8. The summed E-state index contributed by atoms with van der Waals surface area (Å²) >= 11 is 0. The predicted octanol–water partition coefficient (Wildman–Crippen LogP) is 1.28. The Kier molecular flexibility index (Phi) is 5.30. The van der Waals surface area contributed by atoms with Gasteiger partial charge in [-0.25, -0.2) is 15.0 Å². The standard InChI is InChI=1S/C17H30N6O3Si/c1-17(2,3)27(5,6)25-7-10-11(19-4)13(24)16(26-10)23-9-22-12-14(18)20-8-21-15(12)23/h8-11,13,16,19,24H,7H2,1-6H3,(H2,18,20,21)/t10-,11-,13+,16-/m1/s1. The Labute approximate surface area is 160 Å². The van der Waals surface area contributed by atoms with Crippen LogP contribution in [0.25, 0.3) is 11.2 Å². The van der Waals surface area contributed by atoms with E-state index in [4.69, 9.17) is 14.9 Å². The van der Waals surface area contributed by atoms with Crippen molar-refractivity contribution < 1.29 is 14.3 Å². The minimum absolute atomic E-state index is 0.105. The summed E-state index contributed by atoms with van der Waals surface area (Å²) in [5, 5.41) is 14.1. The molecule has 3 rings (SSSR count). The van der Waals surface area contributed by atoms with Gasteiger partial charge in [-0.05, 0) is 25.2 Å². The first-order chi connectivity index (χ1) is 12.6. The highest BCUT2D eigenvalue weighted by Crippen LogP contribution is 2.38. The number of nitrogen functional groups attached to an aromatic ring is 1. The molecule has 4 atom stereocenters. The van der Waals surface area contributed by atoms with Crippen molar-refractivity contribution in [3.05, 3.63) is 12.7 Å². The van der Waals surface area contributed by atoms with E-state index in [0.29, 0.717) is 23.6 Å². The van der Waals surface area contributed by atoms with Crippen molar-refractivity contribution in [1.29, 1.82) is 0 Å². The van der Waals surface area contributed by atoms with Crippen molar-refractivity contribution >= 4 is 25.3 Å². The summed E-state index contributed by atoms with van der Waals surface area (Å²) in [6.07, 6.45) is 1.25. The van der Waals surface area contributed by atoms with Gasteiger partial charge in [-0.15, -0.1) is 0 Å². The van der Waals surface area contributed by atoms with Crippen LogP contribution in [0.15, 0.2) is 12.7 Å². The SMILES string of the molecule is CN[C@H]1[C@H](O)[C@H](n2cnc3c(N)ncnc32)O[C@@H]1CO[Si](C)(C)C(C)(C)C. The molecule has 1 fully saturated rings. The monoisotopic (exact) mass is 394 g/mol. The average Bonchev–Trinajstić information content (AvgIpc) is 3.13. The Balaban J connectivity index is 1.82. The number of imidazole rings is 1. The lowest BCUT2D eigenvalue weighted by molar-refractivity contribution is -0.0473. The van der Waals surface area contributed by atoms with E-state index in [0.717, 1.165) is 0 Å². The van der Waals surface area contributed by atoms with E-state index in [1.54, 1.807) is 10.9 Å². The third kappa shape index (κ3) is 3.59. The first kappa shape index (κ1) is 20.1. The number of aromatic nitrogens is 4. The maximum absolute atomic E-state index is 10.9. The van der Waals surface area contributed by atoms with Crippen molar-refractivity contribution in [1.82, 2.24) is 24.8 Å². The van der Waals surface area contributed by atoms with Crippen LogP contribution in [0, 0.1) is 0 Å². The fourth-order valence-corrected chi connectivity index (χ4v) is 4.05. The van der Waals surface area contributed by atoms with Crippen LogP contribution in [-0.4, -0.2) is 64.8 Å². The molecule has 3 heterocycles. The molecule has 0 saturated carbocycles. The largest absolute Gasteiger partial charge is 0.414 e. The third-order valence-corrected chi connectivity index (χ3v) is 10.3. The molecule has 27 heavy (non-hydrogen) atoms. The van der Waals surface area contributed by atoms with Crippen molar-refractivity contribution in [3.8, 4) is 0 Å². The maximum Gasteiger partial charge on any atom is 0.192 e. The second kappa shape index (κ2) is 7.10. The molecule has 1 aliphatic rings. The molecule has 2 aromatic rings. The van der Waals surface area contributed by atoms with Crippen LogP contribution in [0.4, 0.5) is 5.82 Å².